The smallest absolute Gasteiger partial charge is 0.376 e. The first-order chi connectivity index (χ1) is 8.15. The number of ether oxygens (including phenoxy) is 1. The van der Waals surface area contributed by atoms with Crippen LogP contribution in [0.2, 0.25) is 0 Å². The standard InChI is InChI=1S/C12H20N2O3/c1-3-6-10(7-4-2)11(15)17-12(16)14-9-5-8-13/h10H,3-7,9H2,1-2H3,(H,14,16). The van der Waals surface area contributed by atoms with Gasteiger partial charge in [0.1, 0.15) is 0 Å². The first-order valence-corrected chi connectivity index (χ1v) is 6.02. The van der Waals surface area contributed by atoms with Crippen molar-refractivity contribution >= 4 is 12.1 Å². The van der Waals surface area contributed by atoms with Crippen molar-refractivity contribution in [2.45, 2.75) is 46.0 Å². The second-order valence-electron chi connectivity index (χ2n) is 3.82. The zero-order valence-corrected chi connectivity index (χ0v) is 10.5. The lowest BCUT2D eigenvalue weighted by Gasteiger charge is -2.13. The number of nitriles is 1. The number of carbonyl (C=O) groups is 2. The van der Waals surface area contributed by atoms with Crippen LogP contribution in [0.3, 0.4) is 0 Å². The number of nitrogens with one attached hydrogen (secondary N) is 1. The molecule has 0 unspecified atom stereocenters. The fourth-order valence-electron chi connectivity index (χ4n) is 1.51. The van der Waals surface area contributed by atoms with Crippen molar-refractivity contribution in [3.63, 3.8) is 0 Å². The lowest BCUT2D eigenvalue weighted by atomic mass is 9.99. The van der Waals surface area contributed by atoms with Gasteiger partial charge in [0.2, 0.25) is 0 Å². The molecule has 1 amide bonds. The molecule has 96 valence electrons. The highest BCUT2D eigenvalue weighted by atomic mass is 16.6. The molecule has 0 aromatic carbocycles. The van der Waals surface area contributed by atoms with Gasteiger partial charge in [-0.1, -0.05) is 26.7 Å². The van der Waals surface area contributed by atoms with Crippen molar-refractivity contribution in [2.75, 3.05) is 6.54 Å². The van der Waals surface area contributed by atoms with Gasteiger partial charge in [0, 0.05) is 6.54 Å². The highest BCUT2D eigenvalue weighted by Crippen LogP contribution is 2.15. The number of hydrogen-bond donors (Lipinski definition) is 1. The summed E-state index contributed by atoms with van der Waals surface area (Å²) >= 11 is 0. The number of amides is 1. The van der Waals surface area contributed by atoms with Gasteiger partial charge >= 0.3 is 12.1 Å². The largest absolute Gasteiger partial charge is 0.414 e. The molecule has 0 rings (SSSR count). The van der Waals surface area contributed by atoms with Crippen molar-refractivity contribution < 1.29 is 14.3 Å². The fourth-order valence-corrected chi connectivity index (χ4v) is 1.51. The number of esters is 1. The molecule has 0 atom stereocenters. The van der Waals surface area contributed by atoms with Gasteiger partial charge < -0.3 is 10.1 Å². The van der Waals surface area contributed by atoms with Gasteiger partial charge in [-0.2, -0.15) is 5.26 Å². The van der Waals surface area contributed by atoms with Crippen LogP contribution in [0.4, 0.5) is 4.79 Å². The fraction of sp³-hybridized carbons (Fsp3) is 0.750. The molecule has 1 N–H and O–H groups in total. The van der Waals surface area contributed by atoms with Crippen LogP contribution in [-0.2, 0) is 9.53 Å². The summed E-state index contributed by atoms with van der Waals surface area (Å²) in [5.74, 6) is -0.671. The molecule has 0 saturated heterocycles. The van der Waals surface area contributed by atoms with Crippen molar-refractivity contribution in [2.24, 2.45) is 5.92 Å². The van der Waals surface area contributed by atoms with E-state index in [2.05, 4.69) is 10.1 Å². The molecule has 0 heterocycles. The third kappa shape index (κ3) is 7.34. The summed E-state index contributed by atoms with van der Waals surface area (Å²) in [7, 11) is 0. The predicted molar refractivity (Wildman–Crippen MR) is 63.0 cm³/mol. The number of hydrogen-bond acceptors (Lipinski definition) is 4. The average molecular weight is 240 g/mol. The topological polar surface area (TPSA) is 79.2 Å². The van der Waals surface area contributed by atoms with Gasteiger partial charge in [-0.05, 0) is 12.8 Å². The summed E-state index contributed by atoms with van der Waals surface area (Å²) in [6.45, 7) is 4.18. The SMILES string of the molecule is CCCC(CCC)C(=O)OC(=O)NCCC#N. The van der Waals surface area contributed by atoms with Gasteiger partial charge in [0.15, 0.2) is 0 Å². The highest BCUT2D eigenvalue weighted by Gasteiger charge is 2.20. The molecule has 0 aromatic heterocycles. The Morgan fingerprint density at radius 2 is 1.88 bits per heavy atom. The van der Waals surface area contributed by atoms with Crippen LogP contribution in [0.25, 0.3) is 0 Å². The second kappa shape index (κ2) is 9.64. The molecule has 5 heteroatoms. The number of nitrogens with zero attached hydrogens (tertiary/aromatic N) is 1. The highest BCUT2D eigenvalue weighted by molar-refractivity contribution is 5.85. The zero-order chi connectivity index (χ0) is 13.1. The van der Waals surface area contributed by atoms with Gasteiger partial charge in [-0.25, -0.2) is 4.79 Å². The Labute approximate surface area is 102 Å². The van der Waals surface area contributed by atoms with E-state index in [9.17, 15) is 9.59 Å². The van der Waals surface area contributed by atoms with Crippen LogP contribution in [-0.4, -0.2) is 18.6 Å². The van der Waals surface area contributed by atoms with Gasteiger partial charge in [-0.3, -0.25) is 4.79 Å². The molecular weight excluding hydrogens is 220 g/mol. The quantitative estimate of drug-likeness (QED) is 0.421. The molecule has 0 saturated carbocycles. The third-order valence-electron chi connectivity index (χ3n) is 2.31. The minimum absolute atomic E-state index is 0.202. The van der Waals surface area contributed by atoms with E-state index in [1.165, 1.54) is 0 Å². The summed E-state index contributed by atoms with van der Waals surface area (Å²) in [5, 5.41) is 10.6. The van der Waals surface area contributed by atoms with Crippen LogP contribution in [0, 0.1) is 17.2 Å². The van der Waals surface area contributed by atoms with E-state index in [1.807, 2.05) is 19.9 Å². The Bertz CT molecular complexity index is 278. The molecular formula is C12H20N2O3. The molecule has 0 aliphatic heterocycles. The summed E-state index contributed by atoms with van der Waals surface area (Å²) < 4.78 is 4.67. The lowest BCUT2D eigenvalue weighted by Crippen LogP contribution is -2.30. The summed E-state index contributed by atoms with van der Waals surface area (Å²) in [6.07, 6.45) is 2.68. The maximum atomic E-state index is 11.6. The lowest BCUT2D eigenvalue weighted by molar-refractivity contribution is -0.142. The zero-order valence-electron chi connectivity index (χ0n) is 10.5. The average Bonchev–Trinajstić information content (AvgIpc) is 2.29. The molecule has 0 fully saturated rings. The number of alkyl carbamates (subject to hydrolysis) is 1. The van der Waals surface area contributed by atoms with Crippen molar-refractivity contribution in [1.82, 2.24) is 5.32 Å². The van der Waals surface area contributed by atoms with E-state index < -0.39 is 12.1 Å². The Hall–Kier alpha value is -1.57. The summed E-state index contributed by atoms with van der Waals surface area (Å²) in [4.78, 5) is 22.8. The van der Waals surface area contributed by atoms with E-state index in [4.69, 9.17) is 5.26 Å². The minimum Gasteiger partial charge on any atom is -0.376 e. The van der Waals surface area contributed by atoms with E-state index >= 15 is 0 Å². The molecule has 0 aromatic rings. The minimum atomic E-state index is -0.762. The van der Waals surface area contributed by atoms with Gasteiger partial charge in [-0.15, -0.1) is 0 Å². The van der Waals surface area contributed by atoms with Gasteiger partial charge in [0.05, 0.1) is 18.4 Å². The Kier molecular flexibility index (Phi) is 8.75. The molecule has 0 radical (unpaired) electrons. The van der Waals surface area contributed by atoms with Gasteiger partial charge in [0.25, 0.3) is 0 Å². The predicted octanol–water partition coefficient (Wildman–Crippen LogP) is 2.37. The summed E-state index contributed by atoms with van der Waals surface area (Å²) in [5.41, 5.74) is 0. The van der Waals surface area contributed by atoms with Crippen LogP contribution in [0.1, 0.15) is 46.0 Å². The Balaban J connectivity index is 4.02. The van der Waals surface area contributed by atoms with E-state index in [1.54, 1.807) is 0 Å². The third-order valence-corrected chi connectivity index (χ3v) is 2.31. The monoisotopic (exact) mass is 240 g/mol. The normalized spacial score (nSPS) is 9.76. The molecule has 0 aliphatic rings. The van der Waals surface area contributed by atoms with Crippen molar-refractivity contribution in [1.29, 1.82) is 5.26 Å². The maximum absolute atomic E-state index is 11.6. The first kappa shape index (κ1) is 15.4. The molecule has 0 aliphatic carbocycles. The Morgan fingerprint density at radius 3 is 2.35 bits per heavy atom. The maximum Gasteiger partial charge on any atom is 0.414 e. The van der Waals surface area contributed by atoms with E-state index in [0.29, 0.717) is 0 Å². The Morgan fingerprint density at radius 1 is 1.29 bits per heavy atom. The van der Waals surface area contributed by atoms with E-state index in [0.717, 1.165) is 25.7 Å². The van der Waals surface area contributed by atoms with Crippen LogP contribution >= 0.6 is 0 Å². The second-order valence-corrected chi connectivity index (χ2v) is 3.82. The molecule has 17 heavy (non-hydrogen) atoms. The molecule has 5 nitrogen and oxygen atoms in total. The number of rotatable bonds is 7. The van der Waals surface area contributed by atoms with Crippen molar-refractivity contribution in [3.05, 3.63) is 0 Å². The van der Waals surface area contributed by atoms with Crippen molar-refractivity contribution in [3.8, 4) is 6.07 Å². The molecule has 0 spiro atoms. The van der Waals surface area contributed by atoms with Crippen LogP contribution in [0.15, 0.2) is 0 Å². The summed E-state index contributed by atoms with van der Waals surface area (Å²) in [6, 6.07) is 1.88. The number of carbonyl (C=O) groups excluding carboxylic acids is 2. The van der Waals surface area contributed by atoms with E-state index in [-0.39, 0.29) is 18.9 Å². The van der Waals surface area contributed by atoms with Crippen LogP contribution in [0.5, 0.6) is 0 Å². The van der Waals surface area contributed by atoms with Crippen LogP contribution < -0.4 is 5.32 Å². The first-order valence-electron chi connectivity index (χ1n) is 6.02. The molecule has 0 bridgehead atoms.